The Morgan fingerprint density at radius 1 is 1.06 bits per heavy atom. The van der Waals surface area contributed by atoms with Crippen LogP contribution in [-0.4, -0.2) is 12.5 Å². The van der Waals surface area contributed by atoms with Crippen molar-refractivity contribution in [1.29, 1.82) is 0 Å². The van der Waals surface area contributed by atoms with Crippen LogP contribution in [0.5, 0.6) is 0 Å². The van der Waals surface area contributed by atoms with Gasteiger partial charge >= 0.3 is 0 Å². The minimum Gasteiger partial charge on any atom is -0.352 e. The van der Waals surface area contributed by atoms with E-state index in [4.69, 9.17) is 11.6 Å². The van der Waals surface area contributed by atoms with Gasteiger partial charge in [0.25, 0.3) is 5.91 Å². The van der Waals surface area contributed by atoms with E-state index in [1.165, 1.54) is 5.56 Å². The lowest BCUT2D eigenvalue weighted by molar-refractivity contribution is 0.0954. The molecule has 1 N–H and O–H groups in total. The van der Waals surface area contributed by atoms with Gasteiger partial charge in [-0.25, -0.2) is 0 Å². The lowest BCUT2D eigenvalue weighted by Gasteiger charge is -2.05. The van der Waals surface area contributed by atoms with Crippen molar-refractivity contribution in [3.05, 3.63) is 70.7 Å². The summed E-state index contributed by atoms with van der Waals surface area (Å²) in [4.78, 5) is 11.8. The Kier molecular flexibility index (Phi) is 4.37. The van der Waals surface area contributed by atoms with Crippen LogP contribution in [0, 0.1) is 0 Å². The van der Waals surface area contributed by atoms with Gasteiger partial charge in [0.15, 0.2) is 0 Å². The van der Waals surface area contributed by atoms with Crippen LogP contribution in [0.25, 0.3) is 0 Å². The minimum atomic E-state index is -0.0894. The van der Waals surface area contributed by atoms with Gasteiger partial charge in [-0.1, -0.05) is 48.0 Å². The van der Waals surface area contributed by atoms with E-state index in [-0.39, 0.29) is 5.91 Å². The van der Waals surface area contributed by atoms with Crippen LogP contribution in [0.15, 0.2) is 54.6 Å². The Morgan fingerprint density at radius 3 is 2.56 bits per heavy atom. The molecule has 0 atom stereocenters. The summed E-state index contributed by atoms with van der Waals surface area (Å²) >= 11 is 5.84. The van der Waals surface area contributed by atoms with Crippen molar-refractivity contribution in [2.24, 2.45) is 0 Å². The molecule has 1 amide bonds. The molecule has 2 rings (SSSR count). The average Bonchev–Trinajstić information content (AvgIpc) is 2.40. The first-order valence-corrected chi connectivity index (χ1v) is 6.21. The first-order chi connectivity index (χ1) is 8.75. The first kappa shape index (κ1) is 12.7. The molecule has 0 aliphatic rings. The largest absolute Gasteiger partial charge is 0.352 e. The van der Waals surface area contributed by atoms with Crippen LogP contribution in [0.1, 0.15) is 15.9 Å². The Labute approximate surface area is 112 Å². The fourth-order valence-corrected chi connectivity index (χ4v) is 1.89. The van der Waals surface area contributed by atoms with Crippen LogP contribution < -0.4 is 5.32 Å². The molecule has 0 unspecified atom stereocenters. The van der Waals surface area contributed by atoms with E-state index in [2.05, 4.69) is 5.32 Å². The number of hydrogen-bond donors (Lipinski definition) is 1. The summed E-state index contributed by atoms with van der Waals surface area (Å²) in [5, 5.41) is 3.45. The lowest BCUT2D eigenvalue weighted by atomic mass is 10.1. The summed E-state index contributed by atoms with van der Waals surface area (Å²) < 4.78 is 0. The van der Waals surface area contributed by atoms with Gasteiger partial charge in [0.2, 0.25) is 0 Å². The third-order valence-electron chi connectivity index (χ3n) is 2.63. The number of carbonyl (C=O) groups is 1. The third-order valence-corrected chi connectivity index (χ3v) is 2.86. The number of nitrogens with one attached hydrogen (secondary N) is 1. The van der Waals surface area contributed by atoms with Crippen LogP contribution in [0.2, 0.25) is 5.02 Å². The summed E-state index contributed by atoms with van der Waals surface area (Å²) in [6.07, 6.45) is 0.827. The van der Waals surface area contributed by atoms with Gasteiger partial charge in [0.1, 0.15) is 0 Å². The van der Waals surface area contributed by atoms with Gasteiger partial charge in [-0.2, -0.15) is 0 Å². The Bertz CT molecular complexity index is 525. The highest BCUT2D eigenvalue weighted by Gasteiger charge is 2.04. The second-order valence-electron chi connectivity index (χ2n) is 4.00. The van der Waals surface area contributed by atoms with Gasteiger partial charge < -0.3 is 5.32 Å². The standard InChI is InChI=1S/C15H14ClNO/c16-14-8-4-7-13(11-14)15(18)17-10-9-12-5-2-1-3-6-12/h1-8,11H,9-10H2,(H,17,18). The van der Waals surface area contributed by atoms with E-state index in [0.717, 1.165) is 6.42 Å². The Balaban J connectivity index is 1.86. The van der Waals surface area contributed by atoms with E-state index in [9.17, 15) is 4.79 Å². The topological polar surface area (TPSA) is 29.1 Å². The molecule has 92 valence electrons. The third kappa shape index (κ3) is 3.60. The van der Waals surface area contributed by atoms with E-state index in [1.54, 1.807) is 24.3 Å². The molecule has 18 heavy (non-hydrogen) atoms. The van der Waals surface area contributed by atoms with Crippen molar-refractivity contribution < 1.29 is 4.79 Å². The fraction of sp³-hybridized carbons (Fsp3) is 0.133. The molecule has 2 aromatic carbocycles. The number of amides is 1. The molecule has 0 aliphatic heterocycles. The predicted molar refractivity (Wildman–Crippen MR) is 73.9 cm³/mol. The highest BCUT2D eigenvalue weighted by molar-refractivity contribution is 6.30. The van der Waals surface area contributed by atoms with Gasteiger partial charge in [-0.15, -0.1) is 0 Å². The zero-order valence-electron chi connectivity index (χ0n) is 9.90. The first-order valence-electron chi connectivity index (χ1n) is 5.83. The smallest absolute Gasteiger partial charge is 0.251 e. The van der Waals surface area contributed by atoms with Crippen LogP contribution >= 0.6 is 11.6 Å². The van der Waals surface area contributed by atoms with Gasteiger partial charge in [-0.05, 0) is 30.2 Å². The zero-order valence-corrected chi connectivity index (χ0v) is 10.7. The number of hydrogen-bond acceptors (Lipinski definition) is 1. The van der Waals surface area contributed by atoms with E-state index in [1.807, 2.05) is 30.3 Å². The predicted octanol–water partition coefficient (Wildman–Crippen LogP) is 3.31. The number of halogens is 1. The van der Waals surface area contributed by atoms with Crippen molar-refractivity contribution in [3.8, 4) is 0 Å². The van der Waals surface area contributed by atoms with Crippen LogP contribution in [-0.2, 0) is 6.42 Å². The van der Waals surface area contributed by atoms with Crippen LogP contribution in [0.4, 0.5) is 0 Å². The maximum absolute atomic E-state index is 11.8. The van der Waals surface area contributed by atoms with E-state index in [0.29, 0.717) is 17.1 Å². The molecule has 0 heterocycles. The highest BCUT2D eigenvalue weighted by Crippen LogP contribution is 2.10. The van der Waals surface area contributed by atoms with Gasteiger partial charge in [0.05, 0.1) is 0 Å². The van der Waals surface area contributed by atoms with Crippen molar-refractivity contribution in [1.82, 2.24) is 5.32 Å². The van der Waals surface area contributed by atoms with E-state index < -0.39 is 0 Å². The molecule has 0 bridgehead atoms. The quantitative estimate of drug-likeness (QED) is 0.897. The molecule has 0 saturated carbocycles. The molecular weight excluding hydrogens is 246 g/mol. The molecule has 0 aliphatic carbocycles. The Hall–Kier alpha value is -1.80. The molecule has 0 aromatic heterocycles. The van der Waals surface area contributed by atoms with Crippen molar-refractivity contribution >= 4 is 17.5 Å². The molecule has 2 aromatic rings. The maximum Gasteiger partial charge on any atom is 0.251 e. The normalized spacial score (nSPS) is 10.1. The highest BCUT2D eigenvalue weighted by atomic mass is 35.5. The molecular formula is C15H14ClNO. The molecule has 0 radical (unpaired) electrons. The molecule has 0 fully saturated rings. The van der Waals surface area contributed by atoms with Crippen molar-refractivity contribution in [3.63, 3.8) is 0 Å². The summed E-state index contributed by atoms with van der Waals surface area (Å²) in [6.45, 7) is 0.620. The molecule has 0 saturated heterocycles. The van der Waals surface area contributed by atoms with E-state index >= 15 is 0 Å². The molecule has 3 heteroatoms. The number of carbonyl (C=O) groups excluding carboxylic acids is 1. The molecule has 0 spiro atoms. The van der Waals surface area contributed by atoms with Crippen LogP contribution in [0.3, 0.4) is 0 Å². The second kappa shape index (κ2) is 6.22. The number of benzene rings is 2. The second-order valence-corrected chi connectivity index (χ2v) is 4.44. The lowest BCUT2D eigenvalue weighted by Crippen LogP contribution is -2.25. The van der Waals surface area contributed by atoms with Gasteiger partial charge in [0, 0.05) is 17.1 Å². The summed E-state index contributed by atoms with van der Waals surface area (Å²) in [7, 11) is 0. The fourth-order valence-electron chi connectivity index (χ4n) is 1.70. The summed E-state index contributed by atoms with van der Waals surface area (Å²) in [5.41, 5.74) is 1.81. The zero-order chi connectivity index (χ0) is 12.8. The van der Waals surface area contributed by atoms with Crippen molar-refractivity contribution in [2.45, 2.75) is 6.42 Å². The Morgan fingerprint density at radius 2 is 1.83 bits per heavy atom. The molecule has 2 nitrogen and oxygen atoms in total. The average molecular weight is 260 g/mol. The monoisotopic (exact) mass is 259 g/mol. The minimum absolute atomic E-state index is 0.0894. The summed E-state index contributed by atoms with van der Waals surface area (Å²) in [5.74, 6) is -0.0894. The SMILES string of the molecule is O=C(NCCc1ccccc1)c1cccc(Cl)c1. The maximum atomic E-state index is 11.8. The van der Waals surface area contributed by atoms with Gasteiger partial charge in [-0.3, -0.25) is 4.79 Å². The van der Waals surface area contributed by atoms with Crippen molar-refractivity contribution in [2.75, 3.05) is 6.54 Å². The summed E-state index contributed by atoms with van der Waals surface area (Å²) in [6, 6.07) is 17.0. The number of rotatable bonds is 4.